The summed E-state index contributed by atoms with van der Waals surface area (Å²) >= 11 is 0. The largest absolute Gasteiger partial charge is 0.322 e. The first-order chi connectivity index (χ1) is 14.5. The molecule has 6 heteroatoms. The first-order valence-electron chi connectivity index (χ1n) is 10.3. The number of halogens is 1. The average molecular weight is 402 g/mol. The fourth-order valence-corrected chi connectivity index (χ4v) is 5.73. The summed E-state index contributed by atoms with van der Waals surface area (Å²) in [6, 6.07) is 12.0. The van der Waals surface area contributed by atoms with Gasteiger partial charge in [0, 0.05) is 11.3 Å². The van der Waals surface area contributed by atoms with E-state index < -0.39 is 0 Å². The number of benzene rings is 2. The zero-order valence-corrected chi connectivity index (χ0v) is 16.0. The fraction of sp³-hybridized carbons (Fsp3) is 0.292. The van der Waals surface area contributed by atoms with E-state index in [1.165, 1.54) is 29.2 Å². The second-order valence-corrected chi connectivity index (χ2v) is 8.68. The van der Waals surface area contributed by atoms with Crippen molar-refractivity contribution in [3.05, 3.63) is 72.1 Å². The maximum absolute atomic E-state index is 13.2. The highest BCUT2D eigenvalue weighted by Crippen LogP contribution is 2.65. The molecule has 2 aromatic carbocycles. The van der Waals surface area contributed by atoms with Gasteiger partial charge in [0.25, 0.3) is 5.91 Å². The molecule has 30 heavy (non-hydrogen) atoms. The summed E-state index contributed by atoms with van der Waals surface area (Å²) in [6.07, 6.45) is 5.40. The molecular weight excluding hydrogens is 383 g/mol. The van der Waals surface area contributed by atoms with Crippen LogP contribution in [0, 0.1) is 41.3 Å². The van der Waals surface area contributed by atoms with Gasteiger partial charge in [-0.3, -0.25) is 14.4 Å². The van der Waals surface area contributed by atoms with Crippen LogP contribution in [0.4, 0.5) is 15.8 Å². The third-order valence-corrected chi connectivity index (χ3v) is 7.13. The molecule has 5 nitrogen and oxygen atoms in total. The Bertz CT molecular complexity index is 1090. The SMILES string of the molecule is O=C(Nc1ccc(F)cc1)c1cccc(N2C(=O)[C@H]3[C@@H]4C=C[C@H]([C@H]5C[C@H]45)[C@@H]3C2=O)c1. The average Bonchev–Trinajstić information content (AvgIpc) is 3.53. The molecule has 1 saturated heterocycles. The molecule has 0 unspecified atom stereocenters. The van der Waals surface area contributed by atoms with Crippen molar-refractivity contribution in [2.75, 3.05) is 10.2 Å². The van der Waals surface area contributed by atoms with Crippen molar-refractivity contribution in [2.24, 2.45) is 35.5 Å². The summed E-state index contributed by atoms with van der Waals surface area (Å²) in [5, 5.41) is 2.71. The van der Waals surface area contributed by atoms with Gasteiger partial charge in [0.15, 0.2) is 0 Å². The van der Waals surface area contributed by atoms with Crippen molar-refractivity contribution >= 4 is 29.1 Å². The van der Waals surface area contributed by atoms with Gasteiger partial charge in [-0.05, 0) is 72.6 Å². The number of anilines is 2. The summed E-state index contributed by atoms with van der Waals surface area (Å²) < 4.78 is 13.1. The Morgan fingerprint density at radius 1 is 0.933 bits per heavy atom. The number of hydrogen-bond donors (Lipinski definition) is 1. The number of nitrogens with one attached hydrogen (secondary N) is 1. The van der Waals surface area contributed by atoms with Gasteiger partial charge < -0.3 is 5.32 Å². The summed E-state index contributed by atoms with van der Waals surface area (Å²) in [5.41, 5.74) is 1.23. The zero-order valence-electron chi connectivity index (χ0n) is 16.0. The third kappa shape index (κ3) is 2.43. The lowest BCUT2D eigenvalue weighted by Crippen LogP contribution is -2.40. The maximum Gasteiger partial charge on any atom is 0.255 e. The lowest BCUT2D eigenvalue weighted by Gasteiger charge is -2.37. The molecule has 0 spiro atoms. The monoisotopic (exact) mass is 402 g/mol. The molecule has 2 saturated carbocycles. The number of carbonyl (C=O) groups excluding carboxylic acids is 3. The van der Waals surface area contributed by atoms with Gasteiger partial charge in [0.05, 0.1) is 17.5 Å². The van der Waals surface area contributed by atoms with Crippen LogP contribution in [-0.4, -0.2) is 17.7 Å². The Morgan fingerprint density at radius 2 is 1.57 bits per heavy atom. The number of imide groups is 1. The summed E-state index contributed by atoms with van der Waals surface area (Å²) in [6.45, 7) is 0. The Kier molecular flexibility index (Phi) is 3.58. The number of amides is 3. The van der Waals surface area contributed by atoms with Crippen molar-refractivity contribution < 1.29 is 18.8 Å². The molecule has 1 aliphatic heterocycles. The van der Waals surface area contributed by atoms with E-state index >= 15 is 0 Å². The van der Waals surface area contributed by atoms with E-state index in [2.05, 4.69) is 17.5 Å². The van der Waals surface area contributed by atoms with Gasteiger partial charge in [0.2, 0.25) is 11.8 Å². The van der Waals surface area contributed by atoms with Crippen molar-refractivity contribution in [1.29, 1.82) is 0 Å². The second-order valence-electron chi connectivity index (χ2n) is 8.68. The van der Waals surface area contributed by atoms with Gasteiger partial charge in [-0.15, -0.1) is 0 Å². The van der Waals surface area contributed by atoms with Crippen LogP contribution in [0.2, 0.25) is 0 Å². The van der Waals surface area contributed by atoms with Crippen LogP contribution in [0.1, 0.15) is 16.8 Å². The minimum Gasteiger partial charge on any atom is -0.322 e. The predicted molar refractivity (Wildman–Crippen MR) is 108 cm³/mol. The first-order valence-corrected chi connectivity index (χ1v) is 10.3. The quantitative estimate of drug-likeness (QED) is 0.630. The standard InChI is InChI=1S/C24H19FN2O3/c25-13-4-6-14(7-5-13)26-22(28)12-2-1-3-15(10-12)27-23(29)20-16-8-9-17(19-11-18(16)19)21(20)24(27)30/h1-10,16-21H,11H2,(H,26,28)/t16-,17-,18-,19-,20+,21+/m1/s1. The van der Waals surface area contributed by atoms with E-state index in [1.54, 1.807) is 24.3 Å². The molecule has 2 aromatic rings. The van der Waals surface area contributed by atoms with Crippen LogP contribution < -0.4 is 10.2 Å². The van der Waals surface area contributed by atoms with E-state index in [0.29, 0.717) is 28.8 Å². The van der Waals surface area contributed by atoms with Gasteiger partial charge in [-0.1, -0.05) is 18.2 Å². The van der Waals surface area contributed by atoms with Crippen LogP contribution in [-0.2, 0) is 9.59 Å². The molecule has 1 N–H and O–H groups in total. The molecule has 6 atom stereocenters. The zero-order chi connectivity index (χ0) is 20.6. The Hall–Kier alpha value is -3.28. The van der Waals surface area contributed by atoms with Crippen molar-refractivity contribution in [2.45, 2.75) is 6.42 Å². The predicted octanol–water partition coefficient (Wildman–Crippen LogP) is 3.64. The van der Waals surface area contributed by atoms with Crippen LogP contribution in [0.3, 0.4) is 0 Å². The molecule has 2 bridgehead atoms. The molecule has 150 valence electrons. The first kappa shape index (κ1) is 17.6. The topological polar surface area (TPSA) is 66.5 Å². The molecule has 5 aliphatic rings. The van der Waals surface area contributed by atoms with Gasteiger partial charge in [0.1, 0.15) is 5.82 Å². The fourth-order valence-electron chi connectivity index (χ4n) is 5.73. The van der Waals surface area contributed by atoms with Crippen LogP contribution >= 0.6 is 0 Å². The van der Waals surface area contributed by atoms with E-state index in [4.69, 9.17) is 0 Å². The van der Waals surface area contributed by atoms with E-state index in [-0.39, 0.29) is 47.2 Å². The molecular formula is C24H19FN2O3. The number of carbonyl (C=O) groups is 3. The smallest absolute Gasteiger partial charge is 0.255 e. The number of nitrogens with zero attached hydrogens (tertiary/aromatic N) is 1. The molecule has 4 aliphatic carbocycles. The summed E-state index contributed by atoms with van der Waals surface area (Å²) in [7, 11) is 0. The highest BCUT2D eigenvalue weighted by molar-refractivity contribution is 6.23. The summed E-state index contributed by atoms with van der Waals surface area (Å²) in [5.74, 6) is -0.187. The Balaban J connectivity index is 1.28. The highest BCUT2D eigenvalue weighted by atomic mass is 19.1. The Morgan fingerprint density at radius 3 is 2.20 bits per heavy atom. The minimum atomic E-state index is -0.386. The minimum absolute atomic E-state index is 0.147. The van der Waals surface area contributed by atoms with Crippen LogP contribution in [0.15, 0.2) is 60.7 Å². The van der Waals surface area contributed by atoms with Crippen LogP contribution in [0.5, 0.6) is 0 Å². The number of hydrogen-bond acceptors (Lipinski definition) is 3. The van der Waals surface area contributed by atoms with E-state index in [1.807, 2.05) is 0 Å². The third-order valence-electron chi connectivity index (χ3n) is 7.13. The van der Waals surface area contributed by atoms with Gasteiger partial charge in [-0.25, -0.2) is 9.29 Å². The lowest BCUT2D eigenvalue weighted by molar-refractivity contribution is -0.124. The van der Waals surface area contributed by atoms with E-state index in [9.17, 15) is 18.8 Å². The van der Waals surface area contributed by atoms with Crippen molar-refractivity contribution in [3.63, 3.8) is 0 Å². The van der Waals surface area contributed by atoms with Crippen LogP contribution in [0.25, 0.3) is 0 Å². The van der Waals surface area contributed by atoms with E-state index in [0.717, 1.165) is 6.42 Å². The highest BCUT2D eigenvalue weighted by Gasteiger charge is 2.67. The molecule has 1 heterocycles. The second kappa shape index (κ2) is 6.11. The maximum atomic E-state index is 13.2. The lowest BCUT2D eigenvalue weighted by atomic mass is 9.63. The molecule has 0 radical (unpaired) electrons. The van der Waals surface area contributed by atoms with Gasteiger partial charge in [-0.2, -0.15) is 0 Å². The van der Waals surface area contributed by atoms with Crippen molar-refractivity contribution in [1.82, 2.24) is 0 Å². The van der Waals surface area contributed by atoms with Crippen molar-refractivity contribution in [3.8, 4) is 0 Å². The van der Waals surface area contributed by atoms with Gasteiger partial charge >= 0.3 is 0 Å². The molecule has 3 amide bonds. The number of rotatable bonds is 3. The Labute approximate surface area is 172 Å². The summed E-state index contributed by atoms with van der Waals surface area (Å²) in [4.78, 5) is 40.4. The molecule has 7 rings (SSSR count). The number of allylic oxidation sites excluding steroid dienone is 2. The molecule has 3 fully saturated rings. The molecule has 0 aromatic heterocycles. The normalized spacial score (nSPS) is 32.8.